The fourth-order valence-electron chi connectivity index (χ4n) is 1.63. The van der Waals surface area contributed by atoms with Gasteiger partial charge in [-0.25, -0.2) is 9.37 Å². The molecule has 1 heterocycles. The maximum absolute atomic E-state index is 13.4. The van der Waals surface area contributed by atoms with E-state index in [9.17, 15) is 9.18 Å². The second-order valence-electron chi connectivity index (χ2n) is 3.76. The number of ketones is 1. The molecule has 0 saturated heterocycles. The van der Waals surface area contributed by atoms with Crippen molar-refractivity contribution in [2.45, 2.75) is 6.42 Å². The van der Waals surface area contributed by atoms with Crippen molar-refractivity contribution in [2.24, 2.45) is 0 Å². The summed E-state index contributed by atoms with van der Waals surface area (Å²) >= 11 is 5.82. The molecule has 0 atom stereocenters. The van der Waals surface area contributed by atoms with Crippen LogP contribution in [0.4, 0.5) is 10.1 Å². The predicted molar refractivity (Wildman–Crippen MR) is 68.1 cm³/mol. The fraction of sp³-hybridized carbons (Fsp3) is 0.0769. The molecule has 0 aliphatic rings. The minimum Gasteiger partial charge on any atom is -0.398 e. The maximum Gasteiger partial charge on any atom is 0.172 e. The lowest BCUT2D eigenvalue weighted by atomic mass is 10.0. The van der Waals surface area contributed by atoms with E-state index in [0.717, 1.165) is 0 Å². The normalized spacial score (nSPS) is 10.3. The van der Waals surface area contributed by atoms with Crippen LogP contribution in [-0.4, -0.2) is 10.8 Å². The van der Waals surface area contributed by atoms with E-state index in [-0.39, 0.29) is 28.6 Å². The van der Waals surface area contributed by atoms with Crippen molar-refractivity contribution >= 4 is 23.1 Å². The summed E-state index contributed by atoms with van der Waals surface area (Å²) in [6.07, 6.45) is 1.32. The molecule has 3 nitrogen and oxygen atoms in total. The maximum atomic E-state index is 13.4. The van der Waals surface area contributed by atoms with Gasteiger partial charge in [-0.05, 0) is 17.7 Å². The fourth-order valence-corrected chi connectivity index (χ4v) is 1.90. The molecule has 5 heteroatoms. The van der Waals surface area contributed by atoms with Crippen LogP contribution in [-0.2, 0) is 6.42 Å². The van der Waals surface area contributed by atoms with E-state index in [1.807, 2.05) is 0 Å². The Balaban J connectivity index is 2.31. The Morgan fingerprint density at radius 2 is 2.06 bits per heavy atom. The number of nitrogens with two attached hydrogens (primary N) is 1. The molecular formula is C13H10ClFN2O. The van der Waals surface area contributed by atoms with E-state index in [0.29, 0.717) is 5.56 Å². The molecule has 0 aliphatic carbocycles. The molecule has 0 spiro atoms. The monoisotopic (exact) mass is 264 g/mol. The summed E-state index contributed by atoms with van der Waals surface area (Å²) in [4.78, 5) is 15.8. The Kier molecular flexibility index (Phi) is 3.58. The molecule has 0 saturated carbocycles. The SMILES string of the molecule is Nc1ccnc(Cl)c1C(=O)Cc1ccccc1F. The van der Waals surface area contributed by atoms with Crippen molar-refractivity contribution in [1.29, 1.82) is 0 Å². The summed E-state index contributed by atoms with van der Waals surface area (Å²) in [7, 11) is 0. The van der Waals surface area contributed by atoms with Gasteiger partial charge in [0.15, 0.2) is 5.78 Å². The number of hydrogen-bond acceptors (Lipinski definition) is 3. The van der Waals surface area contributed by atoms with E-state index < -0.39 is 5.82 Å². The molecular weight excluding hydrogens is 255 g/mol. The lowest BCUT2D eigenvalue weighted by molar-refractivity contribution is 0.0992. The van der Waals surface area contributed by atoms with Crippen molar-refractivity contribution in [1.82, 2.24) is 4.98 Å². The van der Waals surface area contributed by atoms with Crippen molar-refractivity contribution in [3.63, 3.8) is 0 Å². The average Bonchev–Trinajstić information content (AvgIpc) is 2.32. The van der Waals surface area contributed by atoms with Gasteiger partial charge in [-0.1, -0.05) is 29.8 Å². The first-order valence-electron chi connectivity index (χ1n) is 5.26. The summed E-state index contributed by atoms with van der Waals surface area (Å²) in [5, 5.41) is 0.0383. The smallest absolute Gasteiger partial charge is 0.172 e. The van der Waals surface area contributed by atoms with Crippen LogP contribution in [0.2, 0.25) is 5.15 Å². The van der Waals surface area contributed by atoms with Gasteiger partial charge in [0.2, 0.25) is 0 Å². The lowest BCUT2D eigenvalue weighted by Gasteiger charge is -2.06. The van der Waals surface area contributed by atoms with Gasteiger partial charge in [0.25, 0.3) is 0 Å². The zero-order chi connectivity index (χ0) is 13.1. The van der Waals surface area contributed by atoms with Gasteiger partial charge in [-0.15, -0.1) is 0 Å². The minimum atomic E-state index is -0.426. The molecule has 0 bridgehead atoms. The number of carbonyl (C=O) groups is 1. The van der Waals surface area contributed by atoms with Crippen molar-refractivity contribution in [3.8, 4) is 0 Å². The van der Waals surface area contributed by atoms with Crippen molar-refractivity contribution < 1.29 is 9.18 Å². The highest BCUT2D eigenvalue weighted by Crippen LogP contribution is 2.22. The topological polar surface area (TPSA) is 56.0 Å². The number of anilines is 1. The van der Waals surface area contributed by atoms with E-state index in [4.69, 9.17) is 17.3 Å². The highest BCUT2D eigenvalue weighted by molar-refractivity contribution is 6.33. The molecule has 2 rings (SSSR count). The summed E-state index contributed by atoms with van der Waals surface area (Å²) < 4.78 is 13.4. The number of halogens is 2. The standard InChI is InChI=1S/C13H10ClFN2O/c14-13-12(10(16)5-6-17-13)11(18)7-8-3-1-2-4-9(8)15/h1-6H,7H2,(H2,16,17). The molecule has 0 unspecified atom stereocenters. The molecule has 2 N–H and O–H groups in total. The third kappa shape index (κ3) is 2.49. The number of pyridine rings is 1. The van der Waals surface area contributed by atoms with Crippen molar-refractivity contribution in [3.05, 3.63) is 58.6 Å². The van der Waals surface area contributed by atoms with Crippen LogP contribution >= 0.6 is 11.6 Å². The Morgan fingerprint density at radius 3 is 2.72 bits per heavy atom. The Morgan fingerprint density at radius 1 is 1.33 bits per heavy atom. The Hall–Kier alpha value is -1.94. The number of nitrogens with zero attached hydrogens (tertiary/aromatic N) is 1. The Bertz CT molecular complexity index is 581. The van der Waals surface area contributed by atoms with Gasteiger partial charge < -0.3 is 5.73 Å². The van der Waals surface area contributed by atoms with E-state index in [1.165, 1.54) is 18.3 Å². The van der Waals surface area contributed by atoms with E-state index in [2.05, 4.69) is 4.98 Å². The van der Waals surface area contributed by atoms with E-state index in [1.54, 1.807) is 18.2 Å². The molecule has 92 valence electrons. The van der Waals surface area contributed by atoms with Crippen LogP contribution in [0.15, 0.2) is 36.5 Å². The number of carbonyl (C=O) groups excluding carboxylic acids is 1. The molecule has 1 aromatic heterocycles. The van der Waals surface area contributed by atoms with Gasteiger partial charge >= 0.3 is 0 Å². The highest BCUT2D eigenvalue weighted by atomic mass is 35.5. The van der Waals surface area contributed by atoms with Crippen LogP contribution in [0.25, 0.3) is 0 Å². The van der Waals surface area contributed by atoms with Gasteiger partial charge in [0.05, 0.1) is 5.56 Å². The second-order valence-corrected chi connectivity index (χ2v) is 4.12. The van der Waals surface area contributed by atoms with Crippen molar-refractivity contribution in [2.75, 3.05) is 5.73 Å². The molecule has 0 amide bonds. The number of benzene rings is 1. The summed E-state index contributed by atoms with van der Waals surface area (Å²) in [6.45, 7) is 0. The zero-order valence-electron chi connectivity index (χ0n) is 9.36. The van der Waals surface area contributed by atoms with Crippen LogP contribution < -0.4 is 5.73 Å². The summed E-state index contributed by atoms with van der Waals surface area (Å²) in [5.41, 5.74) is 6.37. The summed E-state index contributed by atoms with van der Waals surface area (Å²) in [6, 6.07) is 7.57. The molecule has 0 fully saturated rings. The highest BCUT2D eigenvalue weighted by Gasteiger charge is 2.16. The first kappa shape index (κ1) is 12.5. The largest absolute Gasteiger partial charge is 0.398 e. The molecule has 2 aromatic rings. The van der Waals surface area contributed by atoms with Gasteiger partial charge in [0.1, 0.15) is 11.0 Å². The third-order valence-electron chi connectivity index (χ3n) is 2.52. The summed E-state index contributed by atoms with van der Waals surface area (Å²) in [5.74, 6) is -0.778. The predicted octanol–water partition coefficient (Wildman–Crippen LogP) is 2.88. The number of aromatic nitrogens is 1. The Labute approximate surface area is 108 Å². The van der Waals surface area contributed by atoms with Crippen LogP contribution in [0, 0.1) is 5.82 Å². The average molecular weight is 265 g/mol. The first-order valence-corrected chi connectivity index (χ1v) is 5.64. The molecule has 18 heavy (non-hydrogen) atoms. The van der Waals surface area contributed by atoms with Gasteiger partial charge in [-0.2, -0.15) is 0 Å². The number of nitrogen functional groups attached to an aromatic ring is 1. The van der Waals surface area contributed by atoms with E-state index >= 15 is 0 Å². The number of rotatable bonds is 3. The lowest BCUT2D eigenvalue weighted by Crippen LogP contribution is -2.09. The van der Waals surface area contributed by atoms with Crippen LogP contribution in [0.3, 0.4) is 0 Å². The first-order chi connectivity index (χ1) is 8.59. The van der Waals surface area contributed by atoms with Gasteiger partial charge in [-0.3, -0.25) is 4.79 Å². The third-order valence-corrected chi connectivity index (χ3v) is 2.81. The number of Topliss-reactive ketones (excluding diaryl/α,β-unsaturated/α-hetero) is 1. The molecule has 0 aliphatic heterocycles. The molecule has 1 aromatic carbocycles. The minimum absolute atomic E-state index is 0.0383. The zero-order valence-corrected chi connectivity index (χ0v) is 10.1. The second kappa shape index (κ2) is 5.14. The van der Waals surface area contributed by atoms with Crippen LogP contribution in [0.1, 0.15) is 15.9 Å². The molecule has 0 radical (unpaired) electrons. The van der Waals surface area contributed by atoms with Gasteiger partial charge in [0, 0.05) is 18.3 Å². The quantitative estimate of drug-likeness (QED) is 0.685. The van der Waals surface area contributed by atoms with Crippen LogP contribution in [0.5, 0.6) is 0 Å². The number of hydrogen-bond donors (Lipinski definition) is 1.